The predicted octanol–water partition coefficient (Wildman–Crippen LogP) is 4.11. The zero-order chi connectivity index (χ0) is 20.0. The Bertz CT molecular complexity index is 945. The molecule has 1 aromatic carbocycles. The number of hydrogen-bond donors (Lipinski definition) is 0. The molecule has 0 aliphatic rings. The summed E-state index contributed by atoms with van der Waals surface area (Å²) in [5, 5.41) is 0. The summed E-state index contributed by atoms with van der Waals surface area (Å²) in [6.07, 6.45) is 4.15. The second-order valence-corrected chi connectivity index (χ2v) is 6.75. The van der Waals surface area contributed by atoms with Crippen LogP contribution < -0.4 is 5.56 Å². The van der Waals surface area contributed by atoms with Gasteiger partial charge in [0.05, 0.1) is 12.3 Å². The minimum Gasteiger partial charge on any atom is -0.462 e. The Hall–Kier alpha value is -2.54. The van der Waals surface area contributed by atoms with Crippen LogP contribution in [0.2, 0.25) is 0 Å². The van der Waals surface area contributed by atoms with Gasteiger partial charge in [-0.25, -0.2) is 9.18 Å². The number of carbonyl (C=O) groups excluding carboxylic acids is 1. The van der Waals surface area contributed by atoms with Crippen molar-refractivity contribution in [2.24, 2.45) is 0 Å². The SMILES string of the molecule is C=C(C)C(=O)OCCCCCn1cc(C)c(=O)n(-c2ccc(F)cc2)c1=S. The van der Waals surface area contributed by atoms with E-state index < -0.39 is 0 Å². The van der Waals surface area contributed by atoms with Crippen LogP contribution in [-0.4, -0.2) is 21.7 Å². The molecule has 27 heavy (non-hydrogen) atoms. The van der Waals surface area contributed by atoms with Crippen molar-refractivity contribution in [1.29, 1.82) is 0 Å². The number of rotatable bonds is 8. The summed E-state index contributed by atoms with van der Waals surface area (Å²) in [5.41, 5.74) is 1.27. The van der Waals surface area contributed by atoms with Crippen molar-refractivity contribution >= 4 is 18.2 Å². The molecule has 0 N–H and O–H groups in total. The molecule has 0 radical (unpaired) electrons. The first kappa shape index (κ1) is 20.8. The third-order valence-corrected chi connectivity index (χ3v) is 4.45. The highest BCUT2D eigenvalue weighted by Gasteiger charge is 2.09. The number of esters is 1. The second kappa shape index (κ2) is 9.41. The summed E-state index contributed by atoms with van der Waals surface area (Å²) in [6, 6.07) is 5.67. The third-order valence-electron chi connectivity index (χ3n) is 4.04. The maximum absolute atomic E-state index is 13.2. The third kappa shape index (κ3) is 5.47. The summed E-state index contributed by atoms with van der Waals surface area (Å²) in [5.74, 6) is -0.746. The fourth-order valence-electron chi connectivity index (χ4n) is 2.56. The number of benzene rings is 1. The molecular weight excluding hydrogens is 367 g/mol. The highest BCUT2D eigenvalue weighted by molar-refractivity contribution is 7.71. The molecule has 0 amide bonds. The molecule has 0 aliphatic heterocycles. The molecule has 0 aliphatic carbocycles. The van der Waals surface area contributed by atoms with Gasteiger partial charge in [0.15, 0.2) is 4.77 Å². The van der Waals surface area contributed by atoms with Crippen LogP contribution in [0.25, 0.3) is 5.69 Å². The predicted molar refractivity (Wildman–Crippen MR) is 105 cm³/mol. The van der Waals surface area contributed by atoms with Gasteiger partial charge >= 0.3 is 5.97 Å². The first-order valence-electron chi connectivity index (χ1n) is 8.73. The molecule has 0 bridgehead atoms. The minimum atomic E-state index is -0.376. The van der Waals surface area contributed by atoms with E-state index in [1.807, 2.05) is 4.57 Å². The van der Waals surface area contributed by atoms with E-state index in [1.54, 1.807) is 20.0 Å². The number of halogens is 1. The smallest absolute Gasteiger partial charge is 0.333 e. The number of carbonyl (C=O) groups is 1. The van der Waals surface area contributed by atoms with Gasteiger partial charge in [-0.2, -0.15) is 0 Å². The molecule has 2 aromatic rings. The van der Waals surface area contributed by atoms with Crippen molar-refractivity contribution < 1.29 is 13.9 Å². The molecular formula is C20H23FN2O3S. The van der Waals surface area contributed by atoms with Gasteiger partial charge < -0.3 is 9.30 Å². The van der Waals surface area contributed by atoms with E-state index in [0.717, 1.165) is 19.3 Å². The molecule has 144 valence electrons. The van der Waals surface area contributed by atoms with Crippen LogP contribution in [0, 0.1) is 17.5 Å². The molecule has 0 atom stereocenters. The second-order valence-electron chi connectivity index (χ2n) is 6.38. The minimum absolute atomic E-state index is 0.213. The molecule has 1 heterocycles. The highest BCUT2D eigenvalue weighted by Crippen LogP contribution is 2.10. The van der Waals surface area contributed by atoms with Gasteiger partial charge in [-0.3, -0.25) is 9.36 Å². The summed E-state index contributed by atoms with van der Waals surface area (Å²) >= 11 is 5.47. The lowest BCUT2D eigenvalue weighted by molar-refractivity contribution is -0.139. The Labute approximate surface area is 162 Å². The standard InChI is InChI=1S/C20H23FN2O3S/c1-14(2)19(25)26-12-6-4-5-11-22-13-15(3)18(24)23(20(22)27)17-9-7-16(21)8-10-17/h7-10,13H,1,4-6,11-12H2,2-3H3. The highest BCUT2D eigenvalue weighted by atomic mass is 32.1. The summed E-state index contributed by atoms with van der Waals surface area (Å²) in [7, 11) is 0. The Morgan fingerprint density at radius 3 is 2.52 bits per heavy atom. The van der Waals surface area contributed by atoms with Gasteiger partial charge in [0.25, 0.3) is 5.56 Å². The molecule has 2 rings (SSSR count). The average Bonchev–Trinajstić information content (AvgIpc) is 2.63. The topological polar surface area (TPSA) is 53.2 Å². The van der Waals surface area contributed by atoms with E-state index in [-0.39, 0.29) is 17.3 Å². The van der Waals surface area contributed by atoms with Gasteiger partial charge in [0, 0.05) is 23.9 Å². The monoisotopic (exact) mass is 390 g/mol. The zero-order valence-electron chi connectivity index (χ0n) is 15.5. The lowest BCUT2D eigenvalue weighted by Gasteiger charge is -2.14. The Balaban J connectivity index is 2.05. The first-order chi connectivity index (χ1) is 12.8. The van der Waals surface area contributed by atoms with Crippen molar-refractivity contribution in [3.8, 4) is 5.69 Å². The number of ether oxygens (including phenoxy) is 1. The number of hydrogen-bond acceptors (Lipinski definition) is 4. The molecule has 0 spiro atoms. The van der Waals surface area contributed by atoms with E-state index in [1.165, 1.54) is 28.8 Å². The summed E-state index contributed by atoms with van der Waals surface area (Å²) < 4.78 is 21.9. The molecule has 5 nitrogen and oxygen atoms in total. The molecule has 1 aromatic heterocycles. The maximum atomic E-state index is 13.2. The molecule has 0 fully saturated rings. The van der Waals surface area contributed by atoms with E-state index in [9.17, 15) is 14.0 Å². The van der Waals surface area contributed by atoms with Gasteiger partial charge in [0.1, 0.15) is 5.82 Å². The molecule has 0 saturated heterocycles. The average molecular weight is 390 g/mol. The van der Waals surface area contributed by atoms with Crippen molar-refractivity contribution in [1.82, 2.24) is 9.13 Å². The number of aromatic nitrogens is 2. The van der Waals surface area contributed by atoms with Crippen LogP contribution in [0.3, 0.4) is 0 Å². The van der Waals surface area contributed by atoms with Crippen LogP contribution in [0.5, 0.6) is 0 Å². The molecule has 0 saturated carbocycles. The lowest BCUT2D eigenvalue weighted by atomic mass is 10.2. The van der Waals surface area contributed by atoms with Gasteiger partial charge in [-0.1, -0.05) is 6.58 Å². The molecule has 7 heteroatoms. The Morgan fingerprint density at radius 2 is 1.89 bits per heavy atom. The van der Waals surface area contributed by atoms with Crippen LogP contribution in [0.15, 0.2) is 47.4 Å². The van der Waals surface area contributed by atoms with E-state index in [0.29, 0.717) is 34.7 Å². The number of nitrogens with zero attached hydrogens (tertiary/aromatic N) is 2. The molecule has 0 unspecified atom stereocenters. The largest absolute Gasteiger partial charge is 0.462 e. The van der Waals surface area contributed by atoms with Crippen LogP contribution >= 0.6 is 12.2 Å². The fraction of sp³-hybridized carbons (Fsp3) is 0.350. The zero-order valence-corrected chi connectivity index (χ0v) is 16.4. The fourth-order valence-corrected chi connectivity index (χ4v) is 2.90. The van der Waals surface area contributed by atoms with Crippen molar-refractivity contribution in [3.05, 3.63) is 69.1 Å². The van der Waals surface area contributed by atoms with Gasteiger partial charge in [-0.15, -0.1) is 0 Å². The van der Waals surface area contributed by atoms with Gasteiger partial charge in [0.2, 0.25) is 0 Å². The van der Waals surface area contributed by atoms with E-state index in [2.05, 4.69) is 6.58 Å². The van der Waals surface area contributed by atoms with Gasteiger partial charge in [-0.05, 0) is 69.6 Å². The number of unbranched alkanes of at least 4 members (excludes halogenated alkanes) is 2. The Morgan fingerprint density at radius 1 is 1.22 bits per heavy atom. The first-order valence-corrected chi connectivity index (χ1v) is 9.13. The van der Waals surface area contributed by atoms with Crippen molar-refractivity contribution in [2.75, 3.05) is 6.61 Å². The van der Waals surface area contributed by atoms with Crippen LogP contribution in [-0.2, 0) is 16.1 Å². The number of aryl methyl sites for hydroxylation is 2. The van der Waals surface area contributed by atoms with Crippen molar-refractivity contribution in [2.45, 2.75) is 39.7 Å². The quantitative estimate of drug-likeness (QED) is 0.295. The summed E-state index contributed by atoms with van der Waals surface area (Å²) in [4.78, 5) is 23.8. The summed E-state index contributed by atoms with van der Waals surface area (Å²) in [6.45, 7) is 7.86. The van der Waals surface area contributed by atoms with Crippen LogP contribution in [0.4, 0.5) is 4.39 Å². The van der Waals surface area contributed by atoms with Crippen molar-refractivity contribution in [3.63, 3.8) is 0 Å². The lowest BCUT2D eigenvalue weighted by Crippen LogP contribution is -2.25. The van der Waals surface area contributed by atoms with E-state index >= 15 is 0 Å². The normalized spacial score (nSPS) is 10.6. The van der Waals surface area contributed by atoms with E-state index in [4.69, 9.17) is 17.0 Å². The Kier molecular flexibility index (Phi) is 7.24. The maximum Gasteiger partial charge on any atom is 0.333 e. The van der Waals surface area contributed by atoms with Crippen LogP contribution in [0.1, 0.15) is 31.7 Å².